The molecule has 0 aliphatic rings. The second-order valence-electron chi connectivity index (χ2n) is 6.91. The predicted molar refractivity (Wildman–Crippen MR) is 115 cm³/mol. The molecular formula is C23H26N2O7. The Morgan fingerprint density at radius 1 is 0.906 bits per heavy atom. The average Bonchev–Trinajstić information content (AvgIpc) is 2.77. The van der Waals surface area contributed by atoms with Gasteiger partial charge in [0.05, 0.1) is 0 Å². The van der Waals surface area contributed by atoms with Gasteiger partial charge in [-0.05, 0) is 37.0 Å². The molecule has 9 nitrogen and oxygen atoms in total. The van der Waals surface area contributed by atoms with Crippen molar-refractivity contribution in [2.75, 3.05) is 6.54 Å². The number of aliphatic carboxylic acids is 1. The van der Waals surface area contributed by atoms with Gasteiger partial charge in [0.15, 0.2) is 0 Å². The molecule has 0 radical (unpaired) electrons. The molecule has 0 saturated carbocycles. The number of hydrogen-bond donors (Lipinski definition) is 3. The molecule has 3 N–H and O–H groups in total. The minimum absolute atomic E-state index is 0.0583. The number of carboxylic acid groups (broad SMARTS) is 1. The van der Waals surface area contributed by atoms with Gasteiger partial charge in [0.25, 0.3) is 0 Å². The smallest absolute Gasteiger partial charge is 0.408 e. The molecule has 170 valence electrons. The predicted octanol–water partition coefficient (Wildman–Crippen LogP) is 2.65. The lowest BCUT2D eigenvalue weighted by atomic mass is 10.1. The standard InChI is InChI=1S/C23H26N2O7/c26-20(15-21(27)28)24-14-8-7-13-19(22(29)32-18-11-5-2-6-12-18)25-23(30)31-16-17-9-3-1-4-10-17/h1-6,9-12,19H,7-8,13-16H2,(H,24,26)(H,25,30)(H,27,28)/t19-/m0/s1. The van der Waals surface area contributed by atoms with E-state index in [1.165, 1.54) is 0 Å². The highest BCUT2D eigenvalue weighted by atomic mass is 16.6. The Bertz CT molecular complexity index is 888. The summed E-state index contributed by atoms with van der Waals surface area (Å²) in [5.74, 6) is -2.07. The molecule has 32 heavy (non-hydrogen) atoms. The van der Waals surface area contributed by atoms with Crippen molar-refractivity contribution in [1.82, 2.24) is 10.6 Å². The van der Waals surface area contributed by atoms with Crippen molar-refractivity contribution in [3.05, 3.63) is 66.2 Å². The molecule has 0 unspecified atom stereocenters. The largest absolute Gasteiger partial charge is 0.481 e. The number of hydrogen-bond acceptors (Lipinski definition) is 6. The zero-order valence-corrected chi connectivity index (χ0v) is 17.5. The molecule has 0 aliphatic carbocycles. The number of nitrogens with one attached hydrogen (secondary N) is 2. The Labute approximate surface area is 185 Å². The Hall–Kier alpha value is -3.88. The molecule has 0 heterocycles. The van der Waals surface area contributed by atoms with Crippen LogP contribution in [0.2, 0.25) is 0 Å². The third-order valence-electron chi connectivity index (χ3n) is 4.30. The highest BCUT2D eigenvalue weighted by Crippen LogP contribution is 2.12. The molecule has 0 saturated heterocycles. The van der Waals surface area contributed by atoms with Crippen LogP contribution in [0, 0.1) is 0 Å². The molecule has 2 aromatic carbocycles. The van der Waals surface area contributed by atoms with Crippen LogP contribution in [0.15, 0.2) is 60.7 Å². The van der Waals surface area contributed by atoms with Crippen molar-refractivity contribution in [1.29, 1.82) is 0 Å². The first-order chi connectivity index (χ1) is 15.4. The van der Waals surface area contributed by atoms with E-state index in [4.69, 9.17) is 14.6 Å². The number of carbonyl (C=O) groups excluding carboxylic acids is 3. The van der Waals surface area contributed by atoms with Crippen LogP contribution in [-0.4, -0.2) is 41.6 Å². The van der Waals surface area contributed by atoms with Gasteiger partial charge in [0.1, 0.15) is 24.8 Å². The van der Waals surface area contributed by atoms with Crippen molar-refractivity contribution in [2.45, 2.75) is 38.3 Å². The van der Waals surface area contributed by atoms with Crippen molar-refractivity contribution in [2.24, 2.45) is 0 Å². The monoisotopic (exact) mass is 442 g/mol. The van der Waals surface area contributed by atoms with Crippen molar-refractivity contribution >= 4 is 23.9 Å². The number of benzene rings is 2. The summed E-state index contributed by atoms with van der Waals surface area (Å²) in [5, 5.41) is 13.6. The summed E-state index contributed by atoms with van der Waals surface area (Å²) < 4.78 is 10.5. The van der Waals surface area contributed by atoms with Gasteiger partial charge in [-0.1, -0.05) is 48.5 Å². The summed E-state index contributed by atoms with van der Waals surface area (Å²) in [6.45, 7) is 0.313. The minimum atomic E-state index is -1.20. The van der Waals surface area contributed by atoms with Gasteiger partial charge >= 0.3 is 18.0 Å². The number of ether oxygens (including phenoxy) is 2. The number of amides is 2. The summed E-state index contributed by atoms with van der Waals surface area (Å²) in [7, 11) is 0. The summed E-state index contributed by atoms with van der Waals surface area (Å²) >= 11 is 0. The van der Waals surface area contributed by atoms with Crippen LogP contribution in [0.4, 0.5) is 4.79 Å². The summed E-state index contributed by atoms with van der Waals surface area (Å²) in [6, 6.07) is 16.7. The van der Waals surface area contributed by atoms with E-state index in [1.54, 1.807) is 30.3 Å². The molecule has 1 atom stereocenters. The van der Waals surface area contributed by atoms with E-state index in [0.29, 0.717) is 18.6 Å². The Kier molecular flexibility index (Phi) is 10.2. The van der Waals surface area contributed by atoms with Crippen LogP contribution in [0.25, 0.3) is 0 Å². The van der Waals surface area contributed by atoms with E-state index < -0.39 is 36.4 Å². The van der Waals surface area contributed by atoms with Crippen LogP contribution < -0.4 is 15.4 Å². The topological polar surface area (TPSA) is 131 Å². The van der Waals surface area contributed by atoms with Gasteiger partial charge in [-0.15, -0.1) is 0 Å². The zero-order valence-electron chi connectivity index (χ0n) is 17.5. The number of alkyl carbamates (subject to hydrolysis) is 1. The first-order valence-electron chi connectivity index (χ1n) is 10.2. The zero-order chi connectivity index (χ0) is 23.2. The van der Waals surface area contributed by atoms with E-state index in [1.807, 2.05) is 30.3 Å². The lowest BCUT2D eigenvalue weighted by Crippen LogP contribution is -2.43. The van der Waals surface area contributed by atoms with Gasteiger partial charge in [-0.3, -0.25) is 9.59 Å². The van der Waals surface area contributed by atoms with Gasteiger partial charge < -0.3 is 25.2 Å². The van der Waals surface area contributed by atoms with Crippen molar-refractivity contribution < 1.29 is 33.8 Å². The third-order valence-corrected chi connectivity index (χ3v) is 4.30. The fourth-order valence-electron chi connectivity index (χ4n) is 2.73. The Balaban J connectivity index is 1.85. The molecule has 2 rings (SSSR count). The molecule has 2 aromatic rings. The normalized spacial score (nSPS) is 11.1. The minimum Gasteiger partial charge on any atom is -0.481 e. The molecule has 0 fully saturated rings. The second-order valence-corrected chi connectivity index (χ2v) is 6.91. The third kappa shape index (κ3) is 9.75. The fraction of sp³-hybridized carbons (Fsp3) is 0.304. The second kappa shape index (κ2) is 13.4. The van der Waals surface area contributed by atoms with Crippen LogP contribution in [-0.2, 0) is 25.7 Å². The number of unbranched alkanes of at least 4 members (excludes halogenated alkanes) is 1. The van der Waals surface area contributed by atoms with E-state index in [0.717, 1.165) is 5.56 Å². The molecule has 0 bridgehead atoms. The van der Waals surface area contributed by atoms with E-state index in [2.05, 4.69) is 10.6 Å². The SMILES string of the molecule is O=C(O)CC(=O)NCCCC[C@H](NC(=O)OCc1ccccc1)C(=O)Oc1ccccc1. The van der Waals surface area contributed by atoms with E-state index >= 15 is 0 Å². The number of carbonyl (C=O) groups is 4. The lowest BCUT2D eigenvalue weighted by molar-refractivity contribution is -0.141. The van der Waals surface area contributed by atoms with Crippen molar-refractivity contribution in [3.8, 4) is 5.75 Å². The van der Waals surface area contributed by atoms with Crippen molar-refractivity contribution in [3.63, 3.8) is 0 Å². The van der Waals surface area contributed by atoms with Crippen LogP contribution >= 0.6 is 0 Å². The van der Waals surface area contributed by atoms with Crippen LogP contribution in [0.5, 0.6) is 5.75 Å². The van der Waals surface area contributed by atoms with Crippen LogP contribution in [0.3, 0.4) is 0 Å². The van der Waals surface area contributed by atoms with E-state index in [9.17, 15) is 19.2 Å². The summed E-state index contributed by atoms with van der Waals surface area (Å²) in [4.78, 5) is 46.7. The highest BCUT2D eigenvalue weighted by Gasteiger charge is 2.23. The molecule has 0 aromatic heterocycles. The Morgan fingerprint density at radius 3 is 2.22 bits per heavy atom. The van der Waals surface area contributed by atoms with Crippen LogP contribution in [0.1, 0.15) is 31.2 Å². The molecule has 2 amide bonds. The lowest BCUT2D eigenvalue weighted by Gasteiger charge is -2.17. The summed E-state index contributed by atoms with van der Waals surface area (Å²) in [5.41, 5.74) is 0.808. The quantitative estimate of drug-likeness (QED) is 0.199. The van der Waals surface area contributed by atoms with Gasteiger partial charge in [0.2, 0.25) is 5.91 Å². The maximum atomic E-state index is 12.6. The van der Waals surface area contributed by atoms with Gasteiger partial charge in [0, 0.05) is 6.54 Å². The van der Waals surface area contributed by atoms with Gasteiger partial charge in [-0.2, -0.15) is 0 Å². The number of para-hydroxylation sites is 1. The number of esters is 1. The molecule has 0 aliphatic heterocycles. The molecule has 0 spiro atoms. The fourth-order valence-corrected chi connectivity index (χ4v) is 2.73. The first kappa shape index (κ1) is 24.4. The highest BCUT2D eigenvalue weighted by molar-refractivity contribution is 5.93. The number of rotatable bonds is 12. The maximum absolute atomic E-state index is 12.6. The molecular weight excluding hydrogens is 416 g/mol. The Morgan fingerprint density at radius 2 is 1.56 bits per heavy atom. The average molecular weight is 442 g/mol. The summed E-state index contributed by atoms with van der Waals surface area (Å²) in [6.07, 6.45) is -0.136. The number of carboxylic acids is 1. The molecule has 9 heteroatoms. The maximum Gasteiger partial charge on any atom is 0.408 e. The van der Waals surface area contributed by atoms with E-state index in [-0.39, 0.29) is 19.6 Å². The van der Waals surface area contributed by atoms with Gasteiger partial charge in [-0.25, -0.2) is 9.59 Å². The first-order valence-corrected chi connectivity index (χ1v) is 10.2.